The maximum absolute atomic E-state index is 2.69. The van der Waals surface area contributed by atoms with Crippen molar-refractivity contribution in [3.63, 3.8) is 0 Å². The van der Waals surface area contributed by atoms with E-state index in [4.69, 9.17) is 0 Å². The van der Waals surface area contributed by atoms with Crippen LogP contribution in [0.4, 0.5) is 17.1 Å². The van der Waals surface area contributed by atoms with Crippen molar-refractivity contribution in [3.05, 3.63) is 113 Å². The lowest BCUT2D eigenvalue weighted by Gasteiger charge is -2.57. The fourth-order valence-corrected chi connectivity index (χ4v) is 14.1. The van der Waals surface area contributed by atoms with Crippen LogP contribution in [0.15, 0.2) is 91.0 Å². The Morgan fingerprint density at radius 2 is 1.06 bits per heavy atom. The van der Waals surface area contributed by atoms with E-state index in [-0.39, 0.29) is 0 Å². The molecule has 0 unspecified atom stereocenters. The Hall–Kier alpha value is -3.58. The van der Waals surface area contributed by atoms with Gasteiger partial charge in [-0.25, -0.2) is 0 Å². The van der Waals surface area contributed by atoms with Crippen molar-refractivity contribution in [2.45, 2.75) is 115 Å². The number of hydrogen-bond acceptors (Lipinski definition) is 1. The molecule has 0 N–H and O–H groups in total. The van der Waals surface area contributed by atoms with Gasteiger partial charge in [0.1, 0.15) is 0 Å². The Bertz CT molecular complexity index is 2100. The average molecular weight is 670 g/mol. The molecule has 1 nitrogen and oxygen atoms in total. The maximum atomic E-state index is 2.69. The average Bonchev–Trinajstić information content (AvgIpc) is 3.10. The van der Waals surface area contributed by atoms with Gasteiger partial charge in [-0.1, -0.05) is 68.4 Å². The summed E-state index contributed by atoms with van der Waals surface area (Å²) in [7, 11) is 0. The molecule has 0 amide bonds. The summed E-state index contributed by atoms with van der Waals surface area (Å²) in [4.78, 5) is 2.62. The van der Waals surface area contributed by atoms with Gasteiger partial charge in [0.25, 0.3) is 0 Å². The zero-order chi connectivity index (χ0) is 34.1. The first-order chi connectivity index (χ1) is 24.8. The van der Waals surface area contributed by atoms with E-state index >= 15 is 0 Å². The lowest BCUT2D eigenvalue weighted by molar-refractivity contribution is -0.00525. The molecule has 0 aliphatic heterocycles. The summed E-state index contributed by atoms with van der Waals surface area (Å²) in [6, 6.07) is 36.9. The van der Waals surface area contributed by atoms with Crippen molar-refractivity contribution in [3.8, 4) is 0 Å². The molecular formula is C50H55N. The van der Waals surface area contributed by atoms with Crippen LogP contribution in [0.1, 0.15) is 119 Å². The van der Waals surface area contributed by atoms with Gasteiger partial charge < -0.3 is 4.90 Å². The molecule has 260 valence electrons. The third kappa shape index (κ3) is 4.92. The standard InChI is InChI=1S/C50H55N/c1-31(2)39-8-12-44(13-9-39)51(45-6-4-5-32(3)15-45)48-46-14-11-42(49-25-33-16-34(26-49)18-35(17-33)27-49)23-41(46)22-40-7-10-43(24-47(40)48)50-28-36-19-37(29-50)21-38(20-36)30-50/h4-15,22-24,31,33-38H,16-21,25-30H2,1-3H3. The molecule has 8 aliphatic carbocycles. The lowest BCUT2D eigenvalue weighted by atomic mass is 9.48. The highest BCUT2D eigenvalue weighted by Gasteiger charge is 2.53. The predicted octanol–water partition coefficient (Wildman–Crippen LogP) is 13.8. The molecule has 0 radical (unpaired) electrons. The molecule has 8 bridgehead atoms. The quantitative estimate of drug-likeness (QED) is 0.163. The van der Waals surface area contributed by atoms with Crippen molar-refractivity contribution in [1.29, 1.82) is 0 Å². The summed E-state index contributed by atoms with van der Waals surface area (Å²) < 4.78 is 0. The highest BCUT2D eigenvalue weighted by atomic mass is 15.1. The number of rotatable bonds is 6. The van der Waals surface area contributed by atoms with Crippen molar-refractivity contribution in [1.82, 2.24) is 0 Å². The summed E-state index contributed by atoms with van der Waals surface area (Å²) in [5.74, 6) is 6.18. The smallest absolute Gasteiger partial charge is 0.0618 e. The van der Waals surface area contributed by atoms with Crippen LogP contribution in [0.25, 0.3) is 21.5 Å². The number of aryl methyl sites for hydroxylation is 1. The van der Waals surface area contributed by atoms with E-state index in [2.05, 4.69) is 117 Å². The third-order valence-corrected chi connectivity index (χ3v) is 15.5. The van der Waals surface area contributed by atoms with Gasteiger partial charge in [-0.05, 0) is 206 Å². The number of fused-ring (bicyclic) bond motifs is 2. The number of nitrogens with zero attached hydrogens (tertiary/aromatic N) is 1. The largest absolute Gasteiger partial charge is 0.309 e. The molecule has 0 heterocycles. The van der Waals surface area contributed by atoms with Gasteiger partial charge in [0.15, 0.2) is 0 Å². The topological polar surface area (TPSA) is 3.24 Å². The summed E-state index contributed by atoms with van der Waals surface area (Å²) in [5, 5.41) is 5.63. The molecule has 5 aromatic carbocycles. The second-order valence-corrected chi connectivity index (χ2v) is 19.4. The minimum absolute atomic E-state index is 0.366. The number of benzene rings is 5. The molecule has 1 heteroatoms. The van der Waals surface area contributed by atoms with E-state index in [0.717, 1.165) is 35.5 Å². The molecule has 0 aromatic heterocycles. The Balaban J connectivity index is 1.15. The van der Waals surface area contributed by atoms with E-state index < -0.39 is 0 Å². The fraction of sp³-hybridized carbons (Fsp3) is 0.480. The first kappa shape index (κ1) is 31.0. The summed E-state index contributed by atoms with van der Waals surface area (Å²) in [6.07, 6.45) is 17.4. The highest BCUT2D eigenvalue weighted by Crippen LogP contribution is 2.63. The molecule has 8 saturated carbocycles. The van der Waals surface area contributed by atoms with E-state index in [9.17, 15) is 0 Å². The van der Waals surface area contributed by atoms with Crippen molar-refractivity contribution in [2.24, 2.45) is 35.5 Å². The summed E-state index contributed by atoms with van der Waals surface area (Å²) >= 11 is 0. The SMILES string of the molecule is Cc1cccc(N(c2ccc(C(C)C)cc2)c2c3ccc(C45CC6CC(CC(C6)C4)C5)cc3cc3ccc(C45CC6CC(CC(C6)C4)C5)cc23)c1. The van der Waals surface area contributed by atoms with E-state index in [1.807, 2.05) is 0 Å². The van der Waals surface area contributed by atoms with Crippen LogP contribution >= 0.6 is 0 Å². The zero-order valence-electron chi connectivity index (χ0n) is 31.1. The van der Waals surface area contributed by atoms with Gasteiger partial charge in [-0.2, -0.15) is 0 Å². The molecule has 51 heavy (non-hydrogen) atoms. The Labute approximate surface area is 305 Å². The van der Waals surface area contributed by atoms with Crippen molar-refractivity contribution < 1.29 is 0 Å². The van der Waals surface area contributed by atoms with Gasteiger partial charge in [0.05, 0.1) is 5.69 Å². The number of hydrogen-bond donors (Lipinski definition) is 0. The van der Waals surface area contributed by atoms with Gasteiger partial charge in [-0.15, -0.1) is 0 Å². The molecule has 0 saturated heterocycles. The zero-order valence-corrected chi connectivity index (χ0v) is 31.1. The molecule has 0 spiro atoms. The van der Waals surface area contributed by atoms with Gasteiger partial charge in [-0.3, -0.25) is 0 Å². The summed E-state index contributed by atoms with van der Waals surface area (Å²) in [6.45, 7) is 6.85. The van der Waals surface area contributed by atoms with E-state index in [0.29, 0.717) is 16.7 Å². The third-order valence-electron chi connectivity index (χ3n) is 15.5. The van der Waals surface area contributed by atoms with Crippen LogP contribution < -0.4 is 4.90 Å². The predicted molar refractivity (Wildman–Crippen MR) is 215 cm³/mol. The molecule has 13 rings (SSSR count). The van der Waals surface area contributed by atoms with Crippen LogP contribution in [0, 0.1) is 42.4 Å². The fourth-order valence-electron chi connectivity index (χ4n) is 14.1. The highest BCUT2D eigenvalue weighted by molar-refractivity contribution is 6.14. The van der Waals surface area contributed by atoms with Crippen LogP contribution in [0.2, 0.25) is 0 Å². The lowest BCUT2D eigenvalue weighted by Crippen LogP contribution is -2.48. The van der Waals surface area contributed by atoms with Crippen LogP contribution in [0.3, 0.4) is 0 Å². The first-order valence-corrected chi connectivity index (χ1v) is 20.8. The monoisotopic (exact) mass is 669 g/mol. The second kappa shape index (κ2) is 11.2. The Morgan fingerprint density at radius 3 is 1.61 bits per heavy atom. The molecule has 0 atom stereocenters. The van der Waals surface area contributed by atoms with Gasteiger partial charge in [0, 0.05) is 22.1 Å². The molecular weight excluding hydrogens is 615 g/mol. The Kier molecular flexibility index (Phi) is 6.81. The second-order valence-electron chi connectivity index (χ2n) is 19.4. The van der Waals surface area contributed by atoms with Crippen molar-refractivity contribution >= 4 is 38.6 Å². The van der Waals surface area contributed by atoms with E-state index in [1.165, 1.54) is 127 Å². The molecule has 8 fully saturated rings. The van der Waals surface area contributed by atoms with Crippen LogP contribution in [-0.4, -0.2) is 0 Å². The van der Waals surface area contributed by atoms with Crippen LogP contribution in [0.5, 0.6) is 0 Å². The van der Waals surface area contributed by atoms with E-state index in [1.54, 1.807) is 11.1 Å². The van der Waals surface area contributed by atoms with Gasteiger partial charge in [0.2, 0.25) is 0 Å². The normalized spacial score (nSPS) is 33.2. The number of anilines is 3. The minimum Gasteiger partial charge on any atom is -0.309 e. The van der Waals surface area contributed by atoms with Crippen molar-refractivity contribution in [2.75, 3.05) is 4.90 Å². The van der Waals surface area contributed by atoms with Crippen LogP contribution in [-0.2, 0) is 10.8 Å². The first-order valence-electron chi connectivity index (χ1n) is 20.8. The Morgan fingerprint density at radius 1 is 0.510 bits per heavy atom. The minimum atomic E-state index is 0.366. The van der Waals surface area contributed by atoms with Gasteiger partial charge >= 0.3 is 0 Å². The molecule has 5 aromatic rings. The summed E-state index contributed by atoms with van der Waals surface area (Å²) in [5.41, 5.74) is 10.6. The maximum Gasteiger partial charge on any atom is 0.0618 e. The molecule has 8 aliphatic rings.